The Morgan fingerprint density at radius 3 is 3.00 bits per heavy atom. The van der Waals surface area contributed by atoms with Crippen molar-refractivity contribution in [2.24, 2.45) is 0 Å². The number of benzene rings is 1. The summed E-state index contributed by atoms with van der Waals surface area (Å²) in [5, 5.41) is 20.1. The van der Waals surface area contributed by atoms with E-state index in [-0.39, 0.29) is 24.0 Å². The predicted molar refractivity (Wildman–Crippen MR) is 66.7 cm³/mol. The van der Waals surface area contributed by atoms with Crippen LogP contribution in [0.25, 0.3) is 0 Å². The van der Waals surface area contributed by atoms with Gasteiger partial charge >= 0.3 is 0 Å². The van der Waals surface area contributed by atoms with Gasteiger partial charge in [-0.05, 0) is 13.0 Å². The molecule has 7 heteroatoms. The van der Waals surface area contributed by atoms with Crippen molar-refractivity contribution in [3.63, 3.8) is 0 Å². The van der Waals surface area contributed by atoms with Crippen LogP contribution < -0.4 is 4.90 Å². The normalized spacial score (nSPS) is 23.4. The fraction of sp³-hybridized carbons (Fsp3) is 0.500. The van der Waals surface area contributed by atoms with E-state index < -0.39 is 16.8 Å². The van der Waals surface area contributed by atoms with E-state index in [1.807, 2.05) is 6.92 Å². The summed E-state index contributed by atoms with van der Waals surface area (Å²) in [6.45, 7) is 2.29. The molecule has 0 aromatic heterocycles. The van der Waals surface area contributed by atoms with Gasteiger partial charge in [0.15, 0.2) is 0 Å². The minimum Gasteiger partial charge on any atom is -0.394 e. The van der Waals surface area contributed by atoms with Gasteiger partial charge in [0.2, 0.25) is 0 Å². The highest BCUT2D eigenvalue weighted by Crippen LogP contribution is 2.32. The van der Waals surface area contributed by atoms with Gasteiger partial charge in [-0.1, -0.05) is 0 Å². The number of halogens is 1. The molecule has 1 aromatic carbocycles. The molecule has 1 aliphatic rings. The number of aliphatic hydroxyl groups excluding tert-OH is 1. The molecule has 1 N–H and O–H groups in total. The SMILES string of the molecule is CC1COC(CO)CN1c1cc(F)ccc1[N+](=O)[O-]. The van der Waals surface area contributed by atoms with Gasteiger partial charge in [-0.25, -0.2) is 4.39 Å². The second-order valence-electron chi connectivity index (χ2n) is 4.53. The molecular formula is C12H15FN2O4. The maximum Gasteiger partial charge on any atom is 0.292 e. The van der Waals surface area contributed by atoms with Crippen molar-refractivity contribution in [3.05, 3.63) is 34.1 Å². The van der Waals surface area contributed by atoms with E-state index in [1.54, 1.807) is 4.90 Å². The summed E-state index contributed by atoms with van der Waals surface area (Å²) in [7, 11) is 0. The van der Waals surface area contributed by atoms with E-state index >= 15 is 0 Å². The summed E-state index contributed by atoms with van der Waals surface area (Å²) >= 11 is 0. The molecule has 2 unspecified atom stereocenters. The van der Waals surface area contributed by atoms with Gasteiger partial charge in [0.1, 0.15) is 11.5 Å². The summed E-state index contributed by atoms with van der Waals surface area (Å²) < 4.78 is 18.7. The fourth-order valence-corrected chi connectivity index (χ4v) is 2.14. The second kappa shape index (κ2) is 5.50. The number of hydrogen-bond donors (Lipinski definition) is 1. The van der Waals surface area contributed by atoms with Crippen molar-refractivity contribution in [2.75, 3.05) is 24.7 Å². The maximum absolute atomic E-state index is 13.3. The van der Waals surface area contributed by atoms with Crippen molar-refractivity contribution >= 4 is 11.4 Å². The zero-order valence-corrected chi connectivity index (χ0v) is 10.5. The van der Waals surface area contributed by atoms with Crippen molar-refractivity contribution in [3.8, 4) is 0 Å². The molecule has 1 aliphatic heterocycles. The second-order valence-corrected chi connectivity index (χ2v) is 4.53. The molecular weight excluding hydrogens is 255 g/mol. The van der Waals surface area contributed by atoms with Crippen LogP contribution >= 0.6 is 0 Å². The Balaban J connectivity index is 2.38. The number of aliphatic hydroxyl groups is 1. The Morgan fingerprint density at radius 2 is 2.37 bits per heavy atom. The molecule has 19 heavy (non-hydrogen) atoms. The minimum absolute atomic E-state index is 0.122. The largest absolute Gasteiger partial charge is 0.394 e. The highest BCUT2D eigenvalue weighted by Gasteiger charge is 2.30. The van der Waals surface area contributed by atoms with E-state index in [2.05, 4.69) is 0 Å². The molecule has 1 aromatic rings. The molecule has 6 nitrogen and oxygen atoms in total. The molecule has 0 spiro atoms. The number of rotatable bonds is 3. The van der Waals surface area contributed by atoms with E-state index in [4.69, 9.17) is 9.84 Å². The number of morpholine rings is 1. The van der Waals surface area contributed by atoms with E-state index in [0.29, 0.717) is 13.2 Å². The first-order valence-electron chi connectivity index (χ1n) is 5.96. The van der Waals surface area contributed by atoms with Gasteiger partial charge in [0.25, 0.3) is 5.69 Å². The number of hydrogen-bond acceptors (Lipinski definition) is 5. The number of nitrogens with zero attached hydrogens (tertiary/aromatic N) is 2. The number of anilines is 1. The van der Waals surface area contributed by atoms with Crippen molar-refractivity contribution in [2.45, 2.75) is 19.1 Å². The first-order chi connectivity index (χ1) is 9.02. The Hall–Kier alpha value is -1.73. The molecule has 2 rings (SSSR count). The third kappa shape index (κ3) is 2.82. The molecule has 0 aliphatic carbocycles. The summed E-state index contributed by atoms with van der Waals surface area (Å²) in [5.41, 5.74) is 0.0751. The van der Waals surface area contributed by atoms with Gasteiger partial charge in [-0.2, -0.15) is 0 Å². The highest BCUT2D eigenvalue weighted by molar-refractivity contribution is 5.64. The van der Waals surface area contributed by atoms with Gasteiger partial charge in [0.05, 0.1) is 24.2 Å². The van der Waals surface area contributed by atoms with Crippen LogP contribution in [0.3, 0.4) is 0 Å². The summed E-state index contributed by atoms with van der Waals surface area (Å²) in [6, 6.07) is 3.24. The Kier molecular flexibility index (Phi) is 3.96. The molecule has 1 heterocycles. The molecule has 0 saturated carbocycles. The quantitative estimate of drug-likeness (QED) is 0.662. The third-order valence-electron chi connectivity index (χ3n) is 3.15. The molecule has 1 fully saturated rings. The van der Waals surface area contributed by atoms with Gasteiger partial charge in [0, 0.05) is 24.7 Å². The number of nitro benzene ring substituents is 1. The minimum atomic E-state index is -0.537. The summed E-state index contributed by atoms with van der Waals surface area (Å²) in [4.78, 5) is 12.2. The van der Waals surface area contributed by atoms with E-state index in [0.717, 1.165) is 18.2 Å². The van der Waals surface area contributed by atoms with Crippen LogP contribution in [-0.4, -0.2) is 41.9 Å². The first kappa shape index (κ1) is 13.7. The highest BCUT2D eigenvalue weighted by atomic mass is 19.1. The average Bonchev–Trinajstić information content (AvgIpc) is 2.38. The van der Waals surface area contributed by atoms with Crippen LogP contribution in [0.1, 0.15) is 6.92 Å². The molecule has 1 saturated heterocycles. The standard InChI is InChI=1S/C12H15FN2O4/c1-8-7-19-10(6-16)5-14(8)12-4-9(13)2-3-11(12)15(17)18/h2-4,8,10,16H,5-7H2,1H3. The lowest BCUT2D eigenvalue weighted by atomic mass is 10.1. The Bertz CT molecular complexity index is 483. The Labute approximate surface area is 109 Å². The molecule has 2 atom stereocenters. The number of ether oxygens (including phenoxy) is 1. The van der Waals surface area contributed by atoms with Gasteiger partial charge in [-0.3, -0.25) is 10.1 Å². The fourth-order valence-electron chi connectivity index (χ4n) is 2.14. The lowest BCUT2D eigenvalue weighted by Gasteiger charge is -2.38. The summed E-state index contributed by atoms with van der Waals surface area (Å²) in [5.74, 6) is -0.528. The van der Waals surface area contributed by atoms with Crippen molar-refractivity contribution in [1.29, 1.82) is 0 Å². The number of nitro groups is 1. The molecule has 0 radical (unpaired) electrons. The van der Waals surface area contributed by atoms with Crippen LogP contribution in [0.5, 0.6) is 0 Å². The molecule has 0 bridgehead atoms. The van der Waals surface area contributed by atoms with Crippen LogP contribution in [-0.2, 0) is 4.74 Å². The monoisotopic (exact) mass is 270 g/mol. The van der Waals surface area contributed by atoms with Gasteiger partial charge < -0.3 is 14.7 Å². The predicted octanol–water partition coefficient (Wildman–Crippen LogP) is 1.32. The lowest BCUT2D eigenvalue weighted by Crippen LogP contribution is -2.49. The van der Waals surface area contributed by atoms with E-state index in [9.17, 15) is 14.5 Å². The maximum atomic E-state index is 13.3. The van der Waals surface area contributed by atoms with Crippen LogP contribution in [0.15, 0.2) is 18.2 Å². The molecule has 0 amide bonds. The van der Waals surface area contributed by atoms with Crippen LogP contribution in [0, 0.1) is 15.9 Å². The first-order valence-corrected chi connectivity index (χ1v) is 5.96. The van der Waals surface area contributed by atoms with E-state index in [1.165, 1.54) is 0 Å². The summed E-state index contributed by atoms with van der Waals surface area (Å²) in [6.07, 6.45) is -0.418. The van der Waals surface area contributed by atoms with Crippen molar-refractivity contribution in [1.82, 2.24) is 0 Å². The van der Waals surface area contributed by atoms with Crippen LogP contribution in [0.4, 0.5) is 15.8 Å². The molecule has 104 valence electrons. The zero-order valence-electron chi connectivity index (χ0n) is 10.5. The smallest absolute Gasteiger partial charge is 0.292 e. The van der Waals surface area contributed by atoms with Crippen molar-refractivity contribution < 1.29 is 19.2 Å². The van der Waals surface area contributed by atoms with Crippen LogP contribution in [0.2, 0.25) is 0 Å². The average molecular weight is 270 g/mol. The van der Waals surface area contributed by atoms with Gasteiger partial charge in [-0.15, -0.1) is 0 Å². The lowest BCUT2D eigenvalue weighted by molar-refractivity contribution is -0.384. The topological polar surface area (TPSA) is 75.8 Å². The Morgan fingerprint density at radius 1 is 1.63 bits per heavy atom. The zero-order chi connectivity index (χ0) is 14.0. The third-order valence-corrected chi connectivity index (χ3v) is 3.15.